The summed E-state index contributed by atoms with van der Waals surface area (Å²) in [6.07, 6.45) is 1.66. The SMILES string of the molecule is Cc1ccc(C(=O)N=c2c(C#N)cc3c(=O)n4cccc(C)c4nc3n2C(C)C)cc1C. The van der Waals surface area contributed by atoms with Crippen LogP contribution in [-0.4, -0.2) is 19.9 Å². The van der Waals surface area contributed by atoms with E-state index in [-0.39, 0.29) is 22.7 Å². The summed E-state index contributed by atoms with van der Waals surface area (Å²) in [6, 6.07) is 12.4. The van der Waals surface area contributed by atoms with Crippen LogP contribution in [-0.2, 0) is 0 Å². The molecule has 0 spiro atoms. The van der Waals surface area contributed by atoms with Gasteiger partial charge in [0.15, 0.2) is 5.49 Å². The highest BCUT2D eigenvalue weighted by Gasteiger charge is 2.17. The van der Waals surface area contributed by atoms with Gasteiger partial charge < -0.3 is 4.57 Å². The molecule has 0 aliphatic carbocycles. The lowest BCUT2D eigenvalue weighted by atomic mass is 10.1. The second-order valence-electron chi connectivity index (χ2n) is 8.21. The topological polar surface area (TPSA) is 92.5 Å². The first-order valence-corrected chi connectivity index (χ1v) is 10.4. The number of carbonyl (C=O) groups excluding carboxylic acids is 1. The van der Waals surface area contributed by atoms with Crippen molar-refractivity contribution < 1.29 is 4.79 Å². The zero-order valence-electron chi connectivity index (χ0n) is 18.7. The Morgan fingerprint density at radius 1 is 1.06 bits per heavy atom. The molecule has 4 aromatic rings. The fraction of sp³-hybridized carbons (Fsp3) is 0.240. The van der Waals surface area contributed by atoms with E-state index in [1.165, 1.54) is 10.5 Å². The number of nitrogens with zero attached hydrogens (tertiary/aromatic N) is 5. The number of pyridine rings is 2. The molecule has 0 saturated carbocycles. The van der Waals surface area contributed by atoms with E-state index in [9.17, 15) is 14.9 Å². The molecular weight excluding hydrogens is 402 g/mol. The van der Waals surface area contributed by atoms with Gasteiger partial charge in [0.2, 0.25) is 0 Å². The average molecular weight is 425 g/mol. The van der Waals surface area contributed by atoms with Crippen LogP contribution in [0.3, 0.4) is 0 Å². The lowest BCUT2D eigenvalue weighted by molar-refractivity contribution is 0.0997. The summed E-state index contributed by atoms with van der Waals surface area (Å²) < 4.78 is 3.17. The minimum Gasteiger partial charge on any atom is -0.306 e. The number of fused-ring (bicyclic) bond motifs is 2. The lowest BCUT2D eigenvalue weighted by Crippen LogP contribution is -2.30. The van der Waals surface area contributed by atoms with Crippen LogP contribution in [0.2, 0.25) is 0 Å². The minimum atomic E-state index is -0.452. The third-order valence-electron chi connectivity index (χ3n) is 5.65. The Kier molecular flexibility index (Phi) is 5.23. The van der Waals surface area contributed by atoms with Crippen LogP contribution >= 0.6 is 0 Å². The fourth-order valence-electron chi connectivity index (χ4n) is 3.77. The molecule has 3 aromatic heterocycles. The van der Waals surface area contributed by atoms with E-state index in [2.05, 4.69) is 11.1 Å². The standard InChI is InChI=1S/C25H23N5O2/c1-14(2)30-22(28-24(31)18-9-8-15(3)17(5)11-18)19(13-26)12-20-23(30)27-21-16(4)7-6-10-29(21)25(20)32/h6-12,14H,1-5H3. The van der Waals surface area contributed by atoms with Crippen molar-refractivity contribution in [3.63, 3.8) is 0 Å². The normalized spacial score (nSPS) is 12.0. The van der Waals surface area contributed by atoms with E-state index >= 15 is 0 Å². The molecule has 0 aliphatic rings. The number of aromatic nitrogens is 3. The largest absolute Gasteiger partial charge is 0.306 e. The van der Waals surface area contributed by atoms with Crippen molar-refractivity contribution >= 4 is 22.6 Å². The van der Waals surface area contributed by atoms with E-state index in [4.69, 9.17) is 4.98 Å². The molecule has 0 saturated heterocycles. The number of aryl methyl sites for hydroxylation is 3. The molecule has 3 heterocycles. The van der Waals surface area contributed by atoms with Crippen LogP contribution < -0.4 is 11.0 Å². The van der Waals surface area contributed by atoms with Crippen LogP contribution in [0, 0.1) is 32.1 Å². The predicted octanol–water partition coefficient (Wildman–Crippen LogP) is 3.77. The molecule has 0 aliphatic heterocycles. The molecule has 0 unspecified atom stereocenters. The molecule has 0 fully saturated rings. The van der Waals surface area contributed by atoms with Gasteiger partial charge in [-0.2, -0.15) is 10.3 Å². The van der Waals surface area contributed by atoms with E-state index in [1.54, 1.807) is 29.0 Å². The Morgan fingerprint density at radius 2 is 1.81 bits per heavy atom. The molecule has 7 heteroatoms. The van der Waals surface area contributed by atoms with Gasteiger partial charge in [-0.25, -0.2) is 4.98 Å². The highest BCUT2D eigenvalue weighted by Crippen LogP contribution is 2.16. The first-order valence-electron chi connectivity index (χ1n) is 10.4. The van der Waals surface area contributed by atoms with Crippen molar-refractivity contribution in [2.75, 3.05) is 0 Å². The number of hydrogen-bond donors (Lipinski definition) is 0. The first kappa shape index (κ1) is 21.2. The molecule has 0 radical (unpaired) electrons. The van der Waals surface area contributed by atoms with Crippen molar-refractivity contribution in [1.82, 2.24) is 14.0 Å². The second kappa shape index (κ2) is 7.89. The van der Waals surface area contributed by atoms with Crippen molar-refractivity contribution in [3.05, 3.63) is 86.3 Å². The van der Waals surface area contributed by atoms with E-state index < -0.39 is 5.91 Å². The van der Waals surface area contributed by atoms with E-state index in [0.717, 1.165) is 16.7 Å². The molecule has 7 nitrogen and oxygen atoms in total. The Balaban J connectivity index is 2.12. The number of hydrogen-bond acceptors (Lipinski definition) is 4. The first-order chi connectivity index (χ1) is 15.2. The molecular formula is C25H23N5O2. The summed E-state index contributed by atoms with van der Waals surface area (Å²) in [5.41, 5.74) is 4.34. The Hall–Kier alpha value is -4.05. The fourth-order valence-corrected chi connectivity index (χ4v) is 3.77. The van der Waals surface area contributed by atoms with Gasteiger partial charge in [-0.1, -0.05) is 12.1 Å². The molecule has 32 heavy (non-hydrogen) atoms. The third-order valence-corrected chi connectivity index (χ3v) is 5.65. The van der Waals surface area contributed by atoms with Crippen LogP contribution in [0.4, 0.5) is 0 Å². The van der Waals surface area contributed by atoms with Crippen LogP contribution in [0.15, 0.2) is 52.4 Å². The quantitative estimate of drug-likeness (QED) is 0.457. The summed E-state index contributed by atoms with van der Waals surface area (Å²) in [5.74, 6) is -0.452. The molecule has 160 valence electrons. The van der Waals surface area contributed by atoms with Gasteiger partial charge in [0.1, 0.15) is 17.4 Å². The Morgan fingerprint density at radius 3 is 2.47 bits per heavy atom. The van der Waals surface area contributed by atoms with Crippen molar-refractivity contribution in [1.29, 1.82) is 5.26 Å². The Bertz CT molecular complexity index is 1580. The Labute approximate surface area is 184 Å². The molecule has 0 N–H and O–H groups in total. The van der Waals surface area contributed by atoms with Gasteiger partial charge in [-0.05, 0) is 75.6 Å². The predicted molar refractivity (Wildman–Crippen MR) is 123 cm³/mol. The lowest BCUT2D eigenvalue weighted by Gasteiger charge is -2.17. The zero-order valence-corrected chi connectivity index (χ0v) is 18.7. The van der Waals surface area contributed by atoms with Gasteiger partial charge in [-0.3, -0.25) is 14.0 Å². The monoisotopic (exact) mass is 425 g/mol. The number of rotatable bonds is 2. The zero-order chi connectivity index (χ0) is 23.2. The second-order valence-corrected chi connectivity index (χ2v) is 8.21. The van der Waals surface area contributed by atoms with Gasteiger partial charge in [0, 0.05) is 17.8 Å². The summed E-state index contributed by atoms with van der Waals surface area (Å²) in [6.45, 7) is 9.59. The number of amides is 1. The van der Waals surface area contributed by atoms with Gasteiger partial charge in [0.05, 0.1) is 10.9 Å². The van der Waals surface area contributed by atoms with E-state index in [0.29, 0.717) is 22.2 Å². The van der Waals surface area contributed by atoms with Crippen LogP contribution in [0.1, 0.15) is 52.5 Å². The van der Waals surface area contributed by atoms with Gasteiger partial charge in [-0.15, -0.1) is 0 Å². The van der Waals surface area contributed by atoms with Crippen molar-refractivity contribution in [2.45, 2.75) is 40.7 Å². The maximum atomic E-state index is 13.2. The van der Waals surface area contributed by atoms with Crippen LogP contribution in [0.5, 0.6) is 0 Å². The molecule has 1 aromatic carbocycles. The van der Waals surface area contributed by atoms with Gasteiger partial charge in [0.25, 0.3) is 11.5 Å². The average Bonchev–Trinajstić information content (AvgIpc) is 2.76. The number of nitriles is 1. The summed E-state index contributed by atoms with van der Waals surface area (Å²) in [4.78, 5) is 35.3. The van der Waals surface area contributed by atoms with Gasteiger partial charge >= 0.3 is 0 Å². The van der Waals surface area contributed by atoms with Crippen molar-refractivity contribution in [2.24, 2.45) is 4.99 Å². The molecule has 0 atom stereocenters. The maximum absolute atomic E-state index is 13.2. The van der Waals surface area contributed by atoms with E-state index in [1.807, 2.05) is 46.8 Å². The highest BCUT2D eigenvalue weighted by atomic mass is 16.1. The van der Waals surface area contributed by atoms with Crippen LogP contribution in [0.25, 0.3) is 16.7 Å². The molecule has 4 rings (SSSR count). The minimum absolute atomic E-state index is 0.148. The summed E-state index contributed by atoms with van der Waals surface area (Å²) in [7, 11) is 0. The number of carbonyl (C=O) groups is 1. The summed E-state index contributed by atoms with van der Waals surface area (Å²) in [5, 5.41) is 10.1. The molecule has 0 bridgehead atoms. The third kappa shape index (κ3) is 3.40. The summed E-state index contributed by atoms with van der Waals surface area (Å²) >= 11 is 0. The number of benzene rings is 1. The maximum Gasteiger partial charge on any atom is 0.279 e. The van der Waals surface area contributed by atoms with Crippen molar-refractivity contribution in [3.8, 4) is 6.07 Å². The smallest absolute Gasteiger partial charge is 0.279 e. The molecule has 1 amide bonds. The highest BCUT2D eigenvalue weighted by molar-refractivity contribution is 5.95.